The molecule has 6 nitrogen and oxygen atoms in total. The van der Waals surface area contributed by atoms with E-state index in [0.717, 1.165) is 49.8 Å². The monoisotopic (exact) mass is 484 g/mol. The third kappa shape index (κ3) is 6.43. The fourth-order valence-corrected chi connectivity index (χ4v) is 4.90. The Kier molecular flexibility index (Phi) is 8.49. The zero-order chi connectivity index (χ0) is 24.9. The zero-order valence-electron chi connectivity index (χ0n) is 20.0. The molecule has 4 rings (SSSR count). The number of fused-ring (bicyclic) bond motifs is 2. The lowest BCUT2D eigenvalue weighted by atomic mass is 9.69. The zero-order valence-corrected chi connectivity index (χ0v) is 20.0. The van der Waals surface area contributed by atoms with Crippen LogP contribution >= 0.6 is 0 Å². The Morgan fingerprint density at radius 3 is 2.35 bits per heavy atom. The lowest BCUT2D eigenvalue weighted by Gasteiger charge is -2.45. The van der Waals surface area contributed by atoms with E-state index in [0.29, 0.717) is 0 Å². The predicted octanol–water partition coefficient (Wildman–Crippen LogP) is 4.72. The van der Waals surface area contributed by atoms with Crippen LogP contribution in [-0.2, 0) is 10.2 Å². The first-order chi connectivity index (χ1) is 16.1. The Labute approximate surface area is 199 Å². The maximum atomic E-state index is 13.0. The molecule has 1 spiro atoms. The minimum atomic E-state index is -5.08. The average Bonchev–Trinajstić information content (AvgIpc) is 3.62. The number of piperidine rings is 1. The van der Waals surface area contributed by atoms with Crippen LogP contribution in [-0.4, -0.2) is 72.3 Å². The third-order valence-corrected chi connectivity index (χ3v) is 7.07. The maximum Gasteiger partial charge on any atom is 0.490 e. The molecular formula is C25H35F3N2O4. The Morgan fingerprint density at radius 1 is 1.18 bits per heavy atom. The van der Waals surface area contributed by atoms with Gasteiger partial charge in [-0.2, -0.15) is 13.2 Å². The molecule has 0 radical (unpaired) electrons. The van der Waals surface area contributed by atoms with Crippen LogP contribution in [0.25, 0.3) is 0 Å². The number of carboxylic acid groups (broad SMARTS) is 1. The van der Waals surface area contributed by atoms with Crippen molar-refractivity contribution in [1.82, 2.24) is 9.80 Å². The number of ether oxygens (including phenoxy) is 1. The van der Waals surface area contributed by atoms with Gasteiger partial charge in [0, 0.05) is 36.2 Å². The molecule has 1 aromatic carbocycles. The lowest BCUT2D eigenvalue weighted by molar-refractivity contribution is -0.192. The SMILES string of the molecule is CCCN(CC)C(=O)c1ccc2c(c1)C1(CCO2)CCN(CC2CC2)CC1.O=C(O)C(F)(F)F. The third-order valence-electron chi connectivity index (χ3n) is 7.07. The molecule has 1 aromatic rings. The van der Waals surface area contributed by atoms with Crippen LogP contribution in [0.15, 0.2) is 18.2 Å². The topological polar surface area (TPSA) is 70.1 Å². The van der Waals surface area contributed by atoms with Gasteiger partial charge >= 0.3 is 12.1 Å². The van der Waals surface area contributed by atoms with Crippen molar-refractivity contribution in [1.29, 1.82) is 0 Å². The van der Waals surface area contributed by atoms with Crippen LogP contribution in [0.4, 0.5) is 13.2 Å². The van der Waals surface area contributed by atoms with Gasteiger partial charge in [-0.05, 0) is 82.7 Å². The summed E-state index contributed by atoms with van der Waals surface area (Å²) < 4.78 is 37.7. The standard InChI is InChI=1S/C23H34N2O2.C2HF3O2/c1-3-12-25(4-2)22(26)19-7-8-21-20(16-19)23(11-15-27-21)9-13-24(14-10-23)17-18-5-6-18;3-2(4,5)1(6)7/h7-8,16,18H,3-6,9-15,17H2,1-2H3;(H,6,7). The van der Waals surface area contributed by atoms with E-state index in [9.17, 15) is 18.0 Å². The number of carbonyl (C=O) groups is 2. The van der Waals surface area contributed by atoms with E-state index in [-0.39, 0.29) is 11.3 Å². The molecular weight excluding hydrogens is 449 g/mol. The average molecular weight is 485 g/mol. The minimum absolute atomic E-state index is 0.161. The molecule has 2 fully saturated rings. The number of amides is 1. The normalized spacial score (nSPS) is 19.4. The van der Waals surface area contributed by atoms with Crippen molar-refractivity contribution in [2.75, 3.05) is 39.3 Å². The first-order valence-corrected chi connectivity index (χ1v) is 12.2. The number of aliphatic carboxylic acids is 1. The van der Waals surface area contributed by atoms with Crippen molar-refractivity contribution in [2.45, 2.75) is 64.0 Å². The Morgan fingerprint density at radius 2 is 1.82 bits per heavy atom. The van der Waals surface area contributed by atoms with Gasteiger partial charge in [0.05, 0.1) is 6.61 Å². The second-order valence-corrected chi connectivity index (χ2v) is 9.52. The van der Waals surface area contributed by atoms with Gasteiger partial charge in [-0.15, -0.1) is 0 Å². The van der Waals surface area contributed by atoms with Crippen molar-refractivity contribution >= 4 is 11.9 Å². The molecule has 1 saturated heterocycles. The number of hydrogen-bond donors (Lipinski definition) is 1. The molecule has 2 heterocycles. The van der Waals surface area contributed by atoms with Gasteiger partial charge in [0.2, 0.25) is 0 Å². The number of rotatable bonds is 6. The van der Waals surface area contributed by atoms with E-state index in [1.165, 1.54) is 50.9 Å². The van der Waals surface area contributed by atoms with Crippen LogP contribution in [0.5, 0.6) is 5.75 Å². The van der Waals surface area contributed by atoms with Crippen molar-refractivity contribution in [3.05, 3.63) is 29.3 Å². The van der Waals surface area contributed by atoms with E-state index in [4.69, 9.17) is 14.6 Å². The molecule has 190 valence electrons. The fraction of sp³-hybridized carbons (Fsp3) is 0.680. The van der Waals surface area contributed by atoms with Crippen LogP contribution in [0.1, 0.15) is 68.3 Å². The Bertz CT molecular complexity index is 862. The molecule has 1 saturated carbocycles. The molecule has 0 bridgehead atoms. The number of halogens is 3. The number of carbonyl (C=O) groups excluding carboxylic acids is 1. The first kappa shape index (κ1) is 26.3. The van der Waals surface area contributed by atoms with Gasteiger partial charge in [0.1, 0.15) is 5.75 Å². The second-order valence-electron chi connectivity index (χ2n) is 9.52. The summed E-state index contributed by atoms with van der Waals surface area (Å²) in [7, 11) is 0. The summed E-state index contributed by atoms with van der Waals surface area (Å²) in [6.07, 6.45) is 2.24. The fourth-order valence-electron chi connectivity index (χ4n) is 4.90. The summed E-state index contributed by atoms with van der Waals surface area (Å²) in [5.74, 6) is -0.627. The van der Waals surface area contributed by atoms with Gasteiger partial charge < -0.3 is 19.6 Å². The van der Waals surface area contributed by atoms with Crippen molar-refractivity contribution in [3.63, 3.8) is 0 Å². The molecule has 0 aromatic heterocycles. The van der Waals surface area contributed by atoms with Crippen LogP contribution in [0.2, 0.25) is 0 Å². The summed E-state index contributed by atoms with van der Waals surface area (Å²) in [6.45, 7) is 10.2. The van der Waals surface area contributed by atoms with Gasteiger partial charge in [0.15, 0.2) is 0 Å². The first-order valence-electron chi connectivity index (χ1n) is 12.2. The highest BCUT2D eigenvalue weighted by Gasteiger charge is 2.41. The highest BCUT2D eigenvalue weighted by Crippen LogP contribution is 2.46. The Hall–Kier alpha value is -2.29. The molecule has 1 N–H and O–H groups in total. The molecule has 3 aliphatic rings. The number of likely N-dealkylation sites (tertiary alicyclic amines) is 1. The number of hydrogen-bond acceptors (Lipinski definition) is 4. The van der Waals surface area contributed by atoms with Gasteiger partial charge in [-0.25, -0.2) is 4.79 Å². The van der Waals surface area contributed by atoms with E-state index in [2.05, 4.69) is 24.8 Å². The van der Waals surface area contributed by atoms with Crippen LogP contribution in [0.3, 0.4) is 0 Å². The molecule has 1 aliphatic carbocycles. The molecule has 0 unspecified atom stereocenters. The highest BCUT2D eigenvalue weighted by molar-refractivity contribution is 5.94. The van der Waals surface area contributed by atoms with Gasteiger partial charge in [0.25, 0.3) is 5.91 Å². The summed E-state index contributed by atoms with van der Waals surface area (Å²) >= 11 is 0. The molecule has 2 aliphatic heterocycles. The van der Waals surface area contributed by atoms with E-state index >= 15 is 0 Å². The molecule has 34 heavy (non-hydrogen) atoms. The van der Waals surface area contributed by atoms with E-state index in [1.807, 2.05) is 17.0 Å². The van der Waals surface area contributed by atoms with Gasteiger partial charge in [-0.3, -0.25) is 4.79 Å². The number of benzene rings is 1. The number of alkyl halides is 3. The molecule has 9 heteroatoms. The molecule has 0 atom stereocenters. The summed E-state index contributed by atoms with van der Waals surface area (Å²) in [6, 6.07) is 6.16. The summed E-state index contributed by atoms with van der Waals surface area (Å²) in [5, 5.41) is 7.12. The van der Waals surface area contributed by atoms with Crippen molar-refractivity contribution < 1.29 is 32.6 Å². The second kappa shape index (κ2) is 11.0. The number of nitrogens with zero attached hydrogens (tertiary/aromatic N) is 2. The largest absolute Gasteiger partial charge is 0.493 e. The van der Waals surface area contributed by atoms with E-state index < -0.39 is 12.1 Å². The minimum Gasteiger partial charge on any atom is -0.493 e. The lowest BCUT2D eigenvalue weighted by Crippen LogP contribution is -2.45. The highest BCUT2D eigenvalue weighted by atomic mass is 19.4. The summed E-state index contributed by atoms with van der Waals surface area (Å²) in [4.78, 5) is 26.5. The van der Waals surface area contributed by atoms with E-state index in [1.54, 1.807) is 0 Å². The van der Waals surface area contributed by atoms with Crippen molar-refractivity contribution in [2.24, 2.45) is 5.92 Å². The van der Waals surface area contributed by atoms with Crippen LogP contribution in [0, 0.1) is 5.92 Å². The van der Waals surface area contributed by atoms with Crippen molar-refractivity contribution in [3.8, 4) is 5.75 Å². The maximum absolute atomic E-state index is 13.0. The number of carboxylic acids is 1. The quantitative estimate of drug-likeness (QED) is 0.633. The summed E-state index contributed by atoms with van der Waals surface area (Å²) in [5.41, 5.74) is 2.32. The molecule has 1 amide bonds. The van der Waals surface area contributed by atoms with Gasteiger partial charge in [-0.1, -0.05) is 6.92 Å². The Balaban J connectivity index is 0.000000406. The predicted molar refractivity (Wildman–Crippen MR) is 122 cm³/mol. The van der Waals surface area contributed by atoms with Crippen LogP contribution < -0.4 is 4.74 Å². The smallest absolute Gasteiger partial charge is 0.490 e.